The molecule has 0 fully saturated rings. The highest BCUT2D eigenvalue weighted by Crippen LogP contribution is 2.27. The SMILES string of the molecule is CCOC(=O)CCc1cccc(OC(F)(F)F)c1F. The van der Waals surface area contributed by atoms with Gasteiger partial charge in [0.25, 0.3) is 0 Å². The molecule has 0 unspecified atom stereocenters. The molecule has 1 aromatic carbocycles. The van der Waals surface area contributed by atoms with Gasteiger partial charge in [-0.15, -0.1) is 13.2 Å². The second-order valence-corrected chi connectivity index (χ2v) is 3.58. The standard InChI is InChI=1S/C12H12F4O3/c1-2-18-10(17)7-6-8-4-3-5-9(11(8)13)19-12(14,15)16/h3-5H,2,6-7H2,1H3. The number of rotatable bonds is 5. The molecule has 0 aliphatic rings. The van der Waals surface area contributed by atoms with Crippen molar-refractivity contribution in [2.24, 2.45) is 0 Å². The Morgan fingerprint density at radius 1 is 1.32 bits per heavy atom. The summed E-state index contributed by atoms with van der Waals surface area (Å²) < 4.78 is 57.9. The minimum absolute atomic E-state index is 0.0326. The lowest BCUT2D eigenvalue weighted by atomic mass is 10.1. The molecule has 0 radical (unpaired) electrons. The average molecular weight is 280 g/mol. The number of alkyl halides is 3. The fourth-order valence-corrected chi connectivity index (χ4v) is 1.42. The molecule has 0 amide bonds. The van der Waals surface area contributed by atoms with Crippen LogP contribution in [-0.4, -0.2) is 18.9 Å². The normalized spacial score (nSPS) is 11.2. The largest absolute Gasteiger partial charge is 0.573 e. The van der Waals surface area contributed by atoms with Gasteiger partial charge in [-0.05, 0) is 25.0 Å². The Bertz CT molecular complexity index is 443. The fraction of sp³-hybridized carbons (Fsp3) is 0.417. The quantitative estimate of drug-likeness (QED) is 0.613. The predicted octanol–water partition coefficient (Wildman–Crippen LogP) is 3.22. The van der Waals surface area contributed by atoms with Gasteiger partial charge in [0.05, 0.1) is 6.61 Å². The first-order valence-corrected chi connectivity index (χ1v) is 5.52. The van der Waals surface area contributed by atoms with E-state index in [0.29, 0.717) is 0 Å². The van der Waals surface area contributed by atoms with Gasteiger partial charge in [0.1, 0.15) is 0 Å². The molecule has 1 rings (SSSR count). The monoisotopic (exact) mass is 280 g/mol. The molecule has 0 atom stereocenters. The van der Waals surface area contributed by atoms with Crippen LogP contribution in [0.5, 0.6) is 5.75 Å². The highest BCUT2D eigenvalue weighted by Gasteiger charge is 2.32. The van der Waals surface area contributed by atoms with Gasteiger partial charge in [-0.2, -0.15) is 0 Å². The van der Waals surface area contributed by atoms with E-state index in [4.69, 9.17) is 0 Å². The van der Waals surface area contributed by atoms with Crippen LogP contribution in [-0.2, 0) is 16.0 Å². The maximum atomic E-state index is 13.7. The summed E-state index contributed by atoms with van der Waals surface area (Å²) in [6.45, 7) is 1.81. The van der Waals surface area contributed by atoms with Gasteiger partial charge in [0.15, 0.2) is 11.6 Å². The first-order valence-electron chi connectivity index (χ1n) is 5.52. The summed E-state index contributed by atoms with van der Waals surface area (Å²) in [4.78, 5) is 11.1. The molecular weight excluding hydrogens is 268 g/mol. The Balaban J connectivity index is 2.75. The van der Waals surface area contributed by atoms with Gasteiger partial charge in [0, 0.05) is 6.42 Å². The van der Waals surface area contributed by atoms with Crippen LogP contribution in [0.15, 0.2) is 18.2 Å². The maximum absolute atomic E-state index is 13.7. The summed E-state index contributed by atoms with van der Waals surface area (Å²) in [5, 5.41) is 0. The van der Waals surface area contributed by atoms with Crippen LogP contribution in [0, 0.1) is 5.82 Å². The Morgan fingerprint density at radius 2 is 2.00 bits per heavy atom. The number of aryl methyl sites for hydroxylation is 1. The summed E-state index contributed by atoms with van der Waals surface area (Å²) >= 11 is 0. The smallest absolute Gasteiger partial charge is 0.466 e. The zero-order valence-corrected chi connectivity index (χ0v) is 10.1. The van der Waals surface area contributed by atoms with Crippen molar-refractivity contribution in [1.29, 1.82) is 0 Å². The molecule has 19 heavy (non-hydrogen) atoms. The minimum Gasteiger partial charge on any atom is -0.466 e. The Hall–Kier alpha value is -1.79. The van der Waals surface area contributed by atoms with Gasteiger partial charge in [-0.1, -0.05) is 12.1 Å². The van der Waals surface area contributed by atoms with Gasteiger partial charge in [-0.25, -0.2) is 4.39 Å². The Kier molecular flexibility index (Phi) is 5.14. The van der Waals surface area contributed by atoms with E-state index in [9.17, 15) is 22.4 Å². The summed E-state index contributed by atoms with van der Waals surface area (Å²) in [5.74, 6) is -2.57. The van der Waals surface area contributed by atoms with Crippen molar-refractivity contribution in [3.05, 3.63) is 29.6 Å². The number of benzene rings is 1. The molecule has 3 nitrogen and oxygen atoms in total. The van der Waals surface area contributed by atoms with Crippen LogP contribution < -0.4 is 4.74 Å². The molecule has 0 spiro atoms. The first-order chi connectivity index (χ1) is 8.83. The van der Waals surface area contributed by atoms with E-state index in [2.05, 4.69) is 9.47 Å². The Labute approximate surface area is 107 Å². The molecule has 0 bridgehead atoms. The van der Waals surface area contributed by atoms with Gasteiger partial charge >= 0.3 is 12.3 Å². The molecule has 0 aromatic heterocycles. The van der Waals surface area contributed by atoms with Crippen LogP contribution in [0.1, 0.15) is 18.9 Å². The van der Waals surface area contributed by atoms with Crippen molar-refractivity contribution in [2.75, 3.05) is 6.61 Å². The highest BCUT2D eigenvalue weighted by atomic mass is 19.4. The van der Waals surface area contributed by atoms with Crippen molar-refractivity contribution in [3.63, 3.8) is 0 Å². The zero-order chi connectivity index (χ0) is 14.5. The second kappa shape index (κ2) is 6.40. The lowest BCUT2D eigenvalue weighted by molar-refractivity contribution is -0.275. The third kappa shape index (κ3) is 5.15. The minimum atomic E-state index is -4.96. The summed E-state index contributed by atoms with van der Waals surface area (Å²) in [7, 11) is 0. The molecular formula is C12H12F4O3. The van der Waals surface area contributed by atoms with Crippen LogP contribution >= 0.6 is 0 Å². The first kappa shape index (κ1) is 15.3. The molecule has 0 N–H and O–H groups in total. The van der Waals surface area contributed by atoms with E-state index in [1.54, 1.807) is 6.92 Å². The van der Waals surface area contributed by atoms with E-state index in [-0.39, 0.29) is 25.0 Å². The van der Waals surface area contributed by atoms with E-state index in [0.717, 1.165) is 6.07 Å². The van der Waals surface area contributed by atoms with E-state index in [1.807, 2.05) is 0 Å². The van der Waals surface area contributed by atoms with Gasteiger partial charge < -0.3 is 9.47 Å². The van der Waals surface area contributed by atoms with Crippen LogP contribution in [0.3, 0.4) is 0 Å². The van der Waals surface area contributed by atoms with Crippen molar-refractivity contribution in [3.8, 4) is 5.75 Å². The maximum Gasteiger partial charge on any atom is 0.573 e. The topological polar surface area (TPSA) is 35.5 Å². The van der Waals surface area contributed by atoms with Crippen molar-refractivity contribution in [1.82, 2.24) is 0 Å². The zero-order valence-electron chi connectivity index (χ0n) is 10.1. The van der Waals surface area contributed by atoms with E-state index >= 15 is 0 Å². The molecule has 7 heteroatoms. The van der Waals surface area contributed by atoms with E-state index < -0.39 is 23.9 Å². The number of ether oxygens (including phenoxy) is 2. The Morgan fingerprint density at radius 3 is 2.58 bits per heavy atom. The lowest BCUT2D eigenvalue weighted by Crippen LogP contribution is -2.18. The average Bonchev–Trinajstić information content (AvgIpc) is 2.29. The molecule has 0 heterocycles. The molecule has 0 saturated carbocycles. The number of hydrogen-bond donors (Lipinski definition) is 0. The third-order valence-corrected chi connectivity index (χ3v) is 2.17. The van der Waals surface area contributed by atoms with Crippen molar-refractivity contribution >= 4 is 5.97 Å². The lowest BCUT2D eigenvalue weighted by Gasteiger charge is -2.11. The fourth-order valence-electron chi connectivity index (χ4n) is 1.42. The number of esters is 1. The highest BCUT2D eigenvalue weighted by molar-refractivity contribution is 5.69. The van der Waals surface area contributed by atoms with Crippen LogP contribution in [0.4, 0.5) is 17.6 Å². The molecule has 0 aliphatic carbocycles. The number of hydrogen-bond acceptors (Lipinski definition) is 3. The van der Waals surface area contributed by atoms with Crippen LogP contribution in [0.25, 0.3) is 0 Å². The van der Waals surface area contributed by atoms with E-state index in [1.165, 1.54) is 12.1 Å². The number of halogens is 4. The third-order valence-electron chi connectivity index (χ3n) is 2.17. The van der Waals surface area contributed by atoms with Gasteiger partial charge in [0.2, 0.25) is 0 Å². The predicted molar refractivity (Wildman–Crippen MR) is 58.0 cm³/mol. The van der Waals surface area contributed by atoms with Crippen molar-refractivity contribution < 1.29 is 31.8 Å². The van der Waals surface area contributed by atoms with Gasteiger partial charge in [-0.3, -0.25) is 4.79 Å². The van der Waals surface area contributed by atoms with Crippen molar-refractivity contribution in [2.45, 2.75) is 26.1 Å². The summed E-state index contributed by atoms with van der Waals surface area (Å²) in [6.07, 6.45) is -5.12. The molecule has 1 aromatic rings. The second-order valence-electron chi connectivity index (χ2n) is 3.58. The molecule has 0 saturated heterocycles. The summed E-state index contributed by atoms with van der Waals surface area (Å²) in [5.41, 5.74) is -0.0326. The number of carbonyl (C=O) groups excluding carboxylic acids is 1. The van der Waals surface area contributed by atoms with Crippen LogP contribution in [0.2, 0.25) is 0 Å². The number of carbonyl (C=O) groups is 1. The molecule has 0 aliphatic heterocycles. The molecule has 106 valence electrons. The summed E-state index contributed by atoms with van der Waals surface area (Å²) in [6, 6.07) is 3.39.